The fourth-order valence-electron chi connectivity index (χ4n) is 1.65. The Bertz CT molecular complexity index is 283. The van der Waals surface area contributed by atoms with Crippen molar-refractivity contribution < 1.29 is 4.52 Å². The number of hydrogen-bond acceptors (Lipinski definition) is 4. The van der Waals surface area contributed by atoms with Gasteiger partial charge in [0.1, 0.15) is 0 Å². The Kier molecular flexibility index (Phi) is 3.24. The zero-order chi connectivity index (χ0) is 9.80. The molecular weight excluding hydrogens is 202 g/mol. The number of halogens is 1. The molecule has 0 aromatic carbocycles. The molecular formula is C9H14ClN3O. The number of hydrogen-bond donors (Lipinski definition) is 0. The van der Waals surface area contributed by atoms with Crippen molar-refractivity contribution in [1.29, 1.82) is 0 Å². The van der Waals surface area contributed by atoms with Gasteiger partial charge in [0.2, 0.25) is 5.89 Å². The highest BCUT2D eigenvalue weighted by Crippen LogP contribution is 2.16. The first kappa shape index (κ1) is 9.77. The number of piperidine rings is 1. The normalized spacial score (nSPS) is 17.4. The zero-order valence-corrected chi connectivity index (χ0v) is 8.83. The maximum atomic E-state index is 5.59. The summed E-state index contributed by atoms with van der Waals surface area (Å²) in [5, 5.41) is 3.94. The number of aryl methyl sites for hydroxylation is 1. The lowest BCUT2D eigenvalue weighted by Gasteiger charge is -2.24. The van der Waals surface area contributed by atoms with Gasteiger partial charge in [-0.05, 0) is 24.4 Å². The highest BCUT2D eigenvalue weighted by molar-refractivity contribution is 6.17. The van der Waals surface area contributed by atoms with Crippen LogP contribution < -0.4 is 4.90 Å². The van der Waals surface area contributed by atoms with Crippen LogP contribution in [0.25, 0.3) is 0 Å². The minimum atomic E-state index is 0.529. The van der Waals surface area contributed by atoms with Crippen molar-refractivity contribution in [3.05, 3.63) is 5.89 Å². The van der Waals surface area contributed by atoms with Gasteiger partial charge in [-0.25, -0.2) is 0 Å². The van der Waals surface area contributed by atoms with E-state index in [1.54, 1.807) is 0 Å². The number of nitrogens with zero attached hydrogens (tertiary/aromatic N) is 3. The zero-order valence-electron chi connectivity index (χ0n) is 8.08. The molecule has 2 heterocycles. The lowest BCUT2D eigenvalue weighted by molar-refractivity contribution is 0.380. The van der Waals surface area contributed by atoms with Gasteiger partial charge in [-0.1, -0.05) is 0 Å². The van der Waals surface area contributed by atoms with E-state index in [0.29, 0.717) is 18.2 Å². The highest BCUT2D eigenvalue weighted by Gasteiger charge is 2.16. The number of aromatic nitrogens is 2. The molecule has 5 heteroatoms. The minimum absolute atomic E-state index is 0.529. The lowest BCUT2D eigenvalue weighted by Crippen LogP contribution is -2.30. The first-order valence-electron chi connectivity index (χ1n) is 5.03. The van der Waals surface area contributed by atoms with Crippen LogP contribution in [0.3, 0.4) is 0 Å². The van der Waals surface area contributed by atoms with Gasteiger partial charge in [0.15, 0.2) is 0 Å². The van der Waals surface area contributed by atoms with Crippen molar-refractivity contribution in [3.8, 4) is 0 Å². The van der Waals surface area contributed by atoms with E-state index in [-0.39, 0.29) is 0 Å². The van der Waals surface area contributed by atoms with E-state index in [0.717, 1.165) is 19.0 Å². The first-order valence-corrected chi connectivity index (χ1v) is 5.57. The molecule has 0 aliphatic carbocycles. The third-order valence-corrected chi connectivity index (χ3v) is 2.59. The molecule has 1 aromatic rings. The van der Waals surface area contributed by atoms with Crippen LogP contribution >= 0.6 is 11.6 Å². The Morgan fingerprint density at radius 1 is 1.29 bits per heavy atom. The van der Waals surface area contributed by atoms with E-state index in [9.17, 15) is 0 Å². The third-order valence-electron chi connectivity index (χ3n) is 2.40. The largest absolute Gasteiger partial charge is 0.338 e. The molecule has 1 aromatic heterocycles. The standard InChI is InChI=1S/C9H14ClN3O/c10-5-4-8-11-9(12-14-8)13-6-2-1-3-7-13/h1-7H2. The molecule has 0 radical (unpaired) electrons. The molecule has 2 rings (SSSR count). The Morgan fingerprint density at radius 3 is 2.79 bits per heavy atom. The fourth-order valence-corrected chi connectivity index (χ4v) is 1.81. The molecule has 0 amide bonds. The smallest absolute Gasteiger partial charge is 0.266 e. The molecule has 1 saturated heterocycles. The maximum Gasteiger partial charge on any atom is 0.266 e. The van der Waals surface area contributed by atoms with Crippen LogP contribution in [-0.4, -0.2) is 29.1 Å². The second-order valence-electron chi connectivity index (χ2n) is 3.47. The molecule has 4 nitrogen and oxygen atoms in total. The van der Waals surface area contributed by atoms with Crippen molar-refractivity contribution in [2.75, 3.05) is 23.9 Å². The second kappa shape index (κ2) is 4.64. The first-order chi connectivity index (χ1) is 6.90. The molecule has 0 saturated carbocycles. The van der Waals surface area contributed by atoms with Gasteiger partial charge in [0.05, 0.1) is 0 Å². The van der Waals surface area contributed by atoms with E-state index >= 15 is 0 Å². The average molecular weight is 216 g/mol. The third kappa shape index (κ3) is 2.18. The number of alkyl halides is 1. The molecule has 1 aliphatic heterocycles. The maximum absolute atomic E-state index is 5.59. The summed E-state index contributed by atoms with van der Waals surface area (Å²) in [6, 6.07) is 0. The van der Waals surface area contributed by atoms with E-state index in [4.69, 9.17) is 16.1 Å². The monoisotopic (exact) mass is 215 g/mol. The fraction of sp³-hybridized carbons (Fsp3) is 0.778. The van der Waals surface area contributed by atoms with Gasteiger partial charge < -0.3 is 9.42 Å². The summed E-state index contributed by atoms with van der Waals surface area (Å²) in [6.07, 6.45) is 4.41. The molecule has 1 aliphatic rings. The van der Waals surface area contributed by atoms with Gasteiger partial charge in [0, 0.05) is 25.4 Å². The predicted octanol–water partition coefficient (Wildman–Crippen LogP) is 1.84. The van der Waals surface area contributed by atoms with Crippen LogP contribution in [0, 0.1) is 0 Å². The summed E-state index contributed by atoms with van der Waals surface area (Å²) in [6.45, 7) is 2.08. The molecule has 0 bridgehead atoms. The summed E-state index contributed by atoms with van der Waals surface area (Å²) in [5.41, 5.74) is 0. The summed E-state index contributed by atoms with van der Waals surface area (Å²) in [5.74, 6) is 1.90. The predicted molar refractivity (Wildman–Crippen MR) is 54.8 cm³/mol. The van der Waals surface area contributed by atoms with Crippen molar-refractivity contribution in [2.45, 2.75) is 25.7 Å². The SMILES string of the molecule is ClCCc1nc(N2CCCCC2)no1. The van der Waals surface area contributed by atoms with Crippen LogP contribution in [0.2, 0.25) is 0 Å². The quantitative estimate of drug-likeness (QED) is 0.722. The summed E-state index contributed by atoms with van der Waals surface area (Å²) in [4.78, 5) is 6.46. The number of rotatable bonds is 3. The molecule has 1 fully saturated rings. The summed E-state index contributed by atoms with van der Waals surface area (Å²) >= 11 is 5.59. The van der Waals surface area contributed by atoms with E-state index < -0.39 is 0 Å². The molecule has 78 valence electrons. The lowest BCUT2D eigenvalue weighted by atomic mass is 10.1. The Morgan fingerprint density at radius 2 is 2.07 bits per heavy atom. The second-order valence-corrected chi connectivity index (χ2v) is 3.85. The van der Waals surface area contributed by atoms with Crippen LogP contribution in [0.5, 0.6) is 0 Å². The van der Waals surface area contributed by atoms with Gasteiger partial charge in [-0.2, -0.15) is 4.98 Å². The van der Waals surface area contributed by atoms with E-state index in [2.05, 4.69) is 15.0 Å². The Hall–Kier alpha value is -0.770. The highest BCUT2D eigenvalue weighted by atomic mass is 35.5. The van der Waals surface area contributed by atoms with Gasteiger partial charge >= 0.3 is 0 Å². The molecule has 0 N–H and O–H groups in total. The Balaban J connectivity index is 2.00. The van der Waals surface area contributed by atoms with Gasteiger partial charge in [-0.15, -0.1) is 11.6 Å². The number of anilines is 1. The van der Waals surface area contributed by atoms with Crippen molar-refractivity contribution >= 4 is 17.5 Å². The average Bonchev–Trinajstić information content (AvgIpc) is 2.68. The molecule has 14 heavy (non-hydrogen) atoms. The minimum Gasteiger partial charge on any atom is -0.338 e. The van der Waals surface area contributed by atoms with Crippen molar-refractivity contribution in [3.63, 3.8) is 0 Å². The van der Waals surface area contributed by atoms with Crippen LogP contribution in [0.15, 0.2) is 4.52 Å². The Labute approximate surface area is 88.2 Å². The van der Waals surface area contributed by atoms with Crippen LogP contribution in [0.4, 0.5) is 5.95 Å². The summed E-state index contributed by atoms with van der Waals surface area (Å²) in [7, 11) is 0. The summed E-state index contributed by atoms with van der Waals surface area (Å²) < 4.78 is 5.07. The van der Waals surface area contributed by atoms with Crippen molar-refractivity contribution in [2.24, 2.45) is 0 Å². The van der Waals surface area contributed by atoms with E-state index in [1.165, 1.54) is 19.3 Å². The van der Waals surface area contributed by atoms with Crippen molar-refractivity contribution in [1.82, 2.24) is 10.1 Å². The molecule has 0 atom stereocenters. The molecule has 0 unspecified atom stereocenters. The topological polar surface area (TPSA) is 42.2 Å². The van der Waals surface area contributed by atoms with Gasteiger partial charge in [-0.3, -0.25) is 0 Å². The van der Waals surface area contributed by atoms with Crippen LogP contribution in [0.1, 0.15) is 25.2 Å². The van der Waals surface area contributed by atoms with E-state index in [1.807, 2.05) is 0 Å². The van der Waals surface area contributed by atoms with Crippen LogP contribution in [-0.2, 0) is 6.42 Å². The van der Waals surface area contributed by atoms with Gasteiger partial charge in [0.25, 0.3) is 5.95 Å². The molecule has 0 spiro atoms.